The van der Waals surface area contributed by atoms with Gasteiger partial charge in [0.1, 0.15) is 11.5 Å². The van der Waals surface area contributed by atoms with E-state index in [0.717, 1.165) is 17.5 Å². The minimum atomic E-state index is -0.116. The molecule has 128 valence electrons. The van der Waals surface area contributed by atoms with Gasteiger partial charge in [-0.25, -0.2) is 0 Å². The van der Waals surface area contributed by atoms with Crippen LogP contribution in [0.3, 0.4) is 0 Å². The molecule has 0 amide bonds. The lowest BCUT2D eigenvalue weighted by molar-refractivity contribution is 0.0142. The van der Waals surface area contributed by atoms with E-state index in [1.807, 2.05) is 30.3 Å². The molecule has 4 nitrogen and oxygen atoms in total. The van der Waals surface area contributed by atoms with Crippen LogP contribution in [0.25, 0.3) is 6.08 Å². The minimum absolute atomic E-state index is 0.116. The molecule has 24 heavy (non-hydrogen) atoms. The molecule has 0 unspecified atom stereocenters. The van der Waals surface area contributed by atoms with E-state index in [1.165, 1.54) is 0 Å². The lowest BCUT2D eigenvalue weighted by Gasteiger charge is -2.25. The van der Waals surface area contributed by atoms with Crippen LogP contribution in [0.4, 0.5) is 0 Å². The molecule has 2 aromatic rings. The van der Waals surface area contributed by atoms with Crippen molar-refractivity contribution in [2.75, 3.05) is 20.8 Å². The molecule has 4 heteroatoms. The minimum Gasteiger partial charge on any atom is -0.508 e. The number of phenols is 2. The average molecular weight is 328 g/mol. The van der Waals surface area contributed by atoms with Crippen LogP contribution in [-0.2, 0) is 9.47 Å². The predicted molar refractivity (Wildman–Crippen MR) is 95.0 cm³/mol. The van der Waals surface area contributed by atoms with Crippen molar-refractivity contribution in [2.24, 2.45) is 5.92 Å². The third kappa shape index (κ3) is 5.11. The maximum atomic E-state index is 9.45. The SMILES string of the molecule is COC[C@H](C/C=C/c1ccc(O)cc1)[C@H](OC)c1ccc(O)cc1. The first-order valence-corrected chi connectivity index (χ1v) is 7.90. The van der Waals surface area contributed by atoms with Gasteiger partial charge in [0.15, 0.2) is 0 Å². The first-order chi connectivity index (χ1) is 11.6. The second-order valence-corrected chi connectivity index (χ2v) is 5.69. The summed E-state index contributed by atoms with van der Waals surface area (Å²) in [6, 6.07) is 14.1. The zero-order valence-electron chi connectivity index (χ0n) is 14.1. The first kappa shape index (κ1) is 18.0. The topological polar surface area (TPSA) is 58.9 Å². The highest BCUT2D eigenvalue weighted by Crippen LogP contribution is 2.30. The number of allylic oxidation sites excluding steroid dienone is 1. The Kier molecular flexibility index (Phi) is 6.85. The molecule has 2 atom stereocenters. The van der Waals surface area contributed by atoms with Gasteiger partial charge in [-0.2, -0.15) is 0 Å². The van der Waals surface area contributed by atoms with Crippen LogP contribution < -0.4 is 0 Å². The summed E-state index contributed by atoms with van der Waals surface area (Å²) in [4.78, 5) is 0. The van der Waals surface area contributed by atoms with Crippen molar-refractivity contribution in [2.45, 2.75) is 12.5 Å². The van der Waals surface area contributed by atoms with Gasteiger partial charge < -0.3 is 19.7 Å². The van der Waals surface area contributed by atoms with Crippen molar-refractivity contribution in [1.82, 2.24) is 0 Å². The maximum Gasteiger partial charge on any atom is 0.115 e. The molecule has 0 bridgehead atoms. The van der Waals surface area contributed by atoms with Gasteiger partial charge in [0.25, 0.3) is 0 Å². The Morgan fingerprint density at radius 2 is 1.50 bits per heavy atom. The van der Waals surface area contributed by atoms with Crippen LogP contribution in [0, 0.1) is 5.92 Å². The Labute approximate surface area is 143 Å². The molecule has 0 aliphatic heterocycles. The molecular formula is C20H24O4. The van der Waals surface area contributed by atoms with Gasteiger partial charge in [0.2, 0.25) is 0 Å². The van der Waals surface area contributed by atoms with E-state index in [-0.39, 0.29) is 23.5 Å². The van der Waals surface area contributed by atoms with Crippen molar-refractivity contribution >= 4 is 6.08 Å². The van der Waals surface area contributed by atoms with Crippen molar-refractivity contribution < 1.29 is 19.7 Å². The Bertz CT molecular complexity index is 632. The normalized spacial score (nSPS) is 13.9. The fourth-order valence-corrected chi connectivity index (χ4v) is 2.72. The van der Waals surface area contributed by atoms with Crippen molar-refractivity contribution in [3.63, 3.8) is 0 Å². The summed E-state index contributed by atoms with van der Waals surface area (Å²) in [6.07, 6.45) is 4.78. The summed E-state index contributed by atoms with van der Waals surface area (Å²) >= 11 is 0. The van der Waals surface area contributed by atoms with E-state index in [0.29, 0.717) is 6.61 Å². The molecule has 2 rings (SSSR count). The summed E-state index contributed by atoms with van der Waals surface area (Å²) in [5, 5.41) is 18.8. The fraction of sp³-hybridized carbons (Fsp3) is 0.300. The lowest BCUT2D eigenvalue weighted by atomic mass is 9.92. The van der Waals surface area contributed by atoms with Crippen LogP contribution in [-0.4, -0.2) is 31.0 Å². The summed E-state index contributed by atoms with van der Waals surface area (Å²) < 4.78 is 11.0. The third-order valence-corrected chi connectivity index (χ3v) is 3.93. The molecule has 0 radical (unpaired) electrons. The number of aromatic hydroxyl groups is 2. The van der Waals surface area contributed by atoms with Crippen LogP contribution in [0.1, 0.15) is 23.7 Å². The molecule has 2 aromatic carbocycles. The van der Waals surface area contributed by atoms with E-state index >= 15 is 0 Å². The number of phenolic OH excluding ortho intramolecular Hbond substituents is 2. The number of hydrogen-bond acceptors (Lipinski definition) is 4. The predicted octanol–water partition coefficient (Wildman–Crippen LogP) is 4.15. The zero-order chi connectivity index (χ0) is 17.4. The van der Waals surface area contributed by atoms with Gasteiger partial charge in [-0.05, 0) is 41.8 Å². The van der Waals surface area contributed by atoms with E-state index < -0.39 is 0 Å². The average Bonchev–Trinajstić information content (AvgIpc) is 2.59. The number of rotatable bonds is 8. The molecule has 0 saturated heterocycles. The molecule has 0 saturated carbocycles. The lowest BCUT2D eigenvalue weighted by Crippen LogP contribution is -2.19. The Morgan fingerprint density at radius 3 is 2.04 bits per heavy atom. The number of ether oxygens (including phenoxy) is 2. The maximum absolute atomic E-state index is 9.45. The van der Waals surface area contributed by atoms with Gasteiger partial charge in [0, 0.05) is 20.1 Å². The van der Waals surface area contributed by atoms with Gasteiger partial charge in [-0.3, -0.25) is 0 Å². The molecule has 0 aliphatic carbocycles. The molecule has 0 fully saturated rings. The molecule has 0 spiro atoms. The van der Waals surface area contributed by atoms with Crippen LogP contribution >= 0.6 is 0 Å². The Morgan fingerprint density at radius 1 is 0.917 bits per heavy atom. The largest absolute Gasteiger partial charge is 0.508 e. The van der Waals surface area contributed by atoms with Gasteiger partial charge in [-0.1, -0.05) is 36.4 Å². The van der Waals surface area contributed by atoms with Crippen LogP contribution in [0.2, 0.25) is 0 Å². The highest BCUT2D eigenvalue weighted by atomic mass is 16.5. The second kappa shape index (κ2) is 9.11. The summed E-state index contributed by atoms with van der Waals surface area (Å²) in [5.74, 6) is 0.651. The highest BCUT2D eigenvalue weighted by Gasteiger charge is 2.22. The molecule has 2 N–H and O–H groups in total. The van der Waals surface area contributed by atoms with Crippen molar-refractivity contribution in [1.29, 1.82) is 0 Å². The molecular weight excluding hydrogens is 304 g/mol. The quantitative estimate of drug-likeness (QED) is 0.764. The monoisotopic (exact) mass is 328 g/mol. The van der Waals surface area contributed by atoms with Crippen molar-refractivity contribution in [3.05, 3.63) is 65.7 Å². The van der Waals surface area contributed by atoms with Crippen molar-refractivity contribution in [3.8, 4) is 11.5 Å². The number of hydrogen-bond donors (Lipinski definition) is 2. The standard InChI is InChI=1S/C20H24O4/c1-23-14-17(5-3-4-15-6-10-18(21)11-7-15)20(24-2)16-8-12-19(22)13-9-16/h3-4,6-13,17,20-22H,5,14H2,1-2H3/b4-3+/t17-,20+/m0/s1. The zero-order valence-corrected chi connectivity index (χ0v) is 14.1. The van der Waals surface area contributed by atoms with E-state index in [1.54, 1.807) is 38.5 Å². The second-order valence-electron chi connectivity index (χ2n) is 5.69. The van der Waals surface area contributed by atoms with Crippen LogP contribution in [0.15, 0.2) is 54.6 Å². The summed E-state index contributed by atoms with van der Waals surface area (Å²) in [6.45, 7) is 0.569. The first-order valence-electron chi connectivity index (χ1n) is 7.90. The van der Waals surface area contributed by atoms with E-state index in [2.05, 4.69) is 6.08 Å². The van der Waals surface area contributed by atoms with Gasteiger partial charge in [-0.15, -0.1) is 0 Å². The van der Waals surface area contributed by atoms with Gasteiger partial charge in [0.05, 0.1) is 12.7 Å². The smallest absolute Gasteiger partial charge is 0.115 e. The Hall–Kier alpha value is -2.30. The summed E-state index contributed by atoms with van der Waals surface area (Å²) in [5.41, 5.74) is 2.04. The van der Waals surface area contributed by atoms with Crippen LogP contribution in [0.5, 0.6) is 11.5 Å². The van der Waals surface area contributed by atoms with Gasteiger partial charge >= 0.3 is 0 Å². The number of methoxy groups -OCH3 is 2. The third-order valence-electron chi connectivity index (χ3n) is 3.93. The fourth-order valence-electron chi connectivity index (χ4n) is 2.72. The molecule has 0 heterocycles. The summed E-state index contributed by atoms with van der Waals surface area (Å²) in [7, 11) is 3.37. The Balaban J connectivity index is 2.08. The van der Waals surface area contributed by atoms with E-state index in [4.69, 9.17) is 9.47 Å². The molecule has 0 aromatic heterocycles. The van der Waals surface area contributed by atoms with E-state index in [9.17, 15) is 10.2 Å². The molecule has 0 aliphatic rings. The highest BCUT2D eigenvalue weighted by molar-refractivity contribution is 5.50. The number of benzene rings is 2.